The maximum Gasteiger partial charge on any atom is 0.407 e. The number of carboxylic acid groups (broad SMARTS) is 3. The second kappa shape index (κ2) is 22.7. The van der Waals surface area contributed by atoms with Gasteiger partial charge in [-0.25, -0.2) is 47.9 Å². The first kappa shape index (κ1) is 52.2. The highest BCUT2D eigenvalue weighted by atomic mass is 32.2. The lowest BCUT2D eigenvalue weighted by atomic mass is 9.96. The number of nitrogens with one attached hydrogen (secondary N) is 1. The number of aromatic nitrogens is 4. The van der Waals surface area contributed by atoms with Crippen LogP contribution in [0.4, 0.5) is 13.6 Å². The van der Waals surface area contributed by atoms with E-state index in [0.29, 0.717) is 29.8 Å². The van der Waals surface area contributed by atoms with Crippen molar-refractivity contribution in [3.63, 3.8) is 0 Å². The monoisotopic (exact) mass is 966 g/mol. The fraction of sp³-hybridized carbons (Fsp3) is 0.222. The predicted molar refractivity (Wildman–Crippen MR) is 241 cm³/mol. The zero-order chi connectivity index (χ0) is 49.7. The number of carboxylic acids is 2. The van der Waals surface area contributed by atoms with Gasteiger partial charge in [-0.2, -0.15) is 0 Å². The SMILES string of the molecule is CNCc1cc(-c2cccc(OC)c2F)n(S(=O)(=O)c2cccnc2)c1.COc1cccc(-c2cc(CN(CC(C)(C)C)C(=O)O)cn2S(=O)(=O)c2cccnc2)c1F.O=C(O)C=CC(=O)O. The van der Waals surface area contributed by atoms with Gasteiger partial charge in [-0.1, -0.05) is 32.9 Å². The number of benzene rings is 2. The van der Waals surface area contributed by atoms with E-state index >= 15 is 4.39 Å². The lowest BCUT2D eigenvalue weighted by molar-refractivity contribution is -0.134. The minimum absolute atomic E-state index is 0.00533. The minimum Gasteiger partial charge on any atom is -0.494 e. The summed E-state index contributed by atoms with van der Waals surface area (Å²) < 4.78 is 94.9. The number of pyridine rings is 2. The maximum absolute atomic E-state index is 15.1. The third-order valence-corrected chi connectivity index (χ3v) is 12.4. The van der Waals surface area contributed by atoms with Crippen LogP contribution in [-0.2, 0) is 42.7 Å². The standard InChI is InChI=1S/C23H26FN3O5S.C18H18FN3O3S.C4H4O4/c1-23(2,3)15-26(22(28)29)13-16-11-19(18-8-5-9-20(32-4)21(18)24)27(14-16)33(30,31)17-7-6-10-25-12-17;1-20-10-13-9-16(15-6-3-7-17(25-2)18(15)19)22(12-13)26(23,24)14-5-4-8-21-11-14;5-3(6)1-2-4(7)8/h5-12,14H,13,15H2,1-4H3,(H,28,29);3-9,11-12,20H,10H2,1-2H3;1-2H,(H,5,6)(H,7,8). The van der Waals surface area contributed by atoms with Gasteiger partial charge in [-0.15, -0.1) is 0 Å². The molecule has 0 saturated heterocycles. The van der Waals surface area contributed by atoms with E-state index in [0.717, 1.165) is 7.94 Å². The van der Waals surface area contributed by atoms with Crippen LogP contribution in [-0.4, -0.2) is 101 Å². The van der Waals surface area contributed by atoms with Crippen molar-refractivity contribution < 1.29 is 64.8 Å². The topological polar surface area (TPSA) is 250 Å². The van der Waals surface area contributed by atoms with Gasteiger partial charge in [0.15, 0.2) is 23.1 Å². The number of aliphatic carboxylic acids is 2. The van der Waals surface area contributed by atoms with Crippen LogP contribution in [0, 0.1) is 17.0 Å². The molecule has 0 fully saturated rings. The van der Waals surface area contributed by atoms with Gasteiger partial charge in [0.25, 0.3) is 20.0 Å². The average molecular weight is 967 g/mol. The number of hydrogen-bond donors (Lipinski definition) is 4. The number of carbonyl (C=O) groups is 3. The van der Waals surface area contributed by atoms with Gasteiger partial charge in [0.05, 0.1) is 32.2 Å². The van der Waals surface area contributed by atoms with Gasteiger partial charge in [0.1, 0.15) is 9.79 Å². The van der Waals surface area contributed by atoms with Crippen LogP contribution in [0.1, 0.15) is 31.9 Å². The van der Waals surface area contributed by atoms with E-state index < -0.39 is 49.7 Å². The first-order valence-corrected chi connectivity index (χ1v) is 22.6. The van der Waals surface area contributed by atoms with E-state index in [2.05, 4.69) is 15.3 Å². The lowest BCUT2D eigenvalue weighted by Gasteiger charge is -2.27. The summed E-state index contributed by atoms with van der Waals surface area (Å²) in [4.78, 5) is 39.8. The Bertz CT molecular complexity index is 2920. The molecule has 22 heteroatoms. The summed E-state index contributed by atoms with van der Waals surface area (Å²) in [7, 11) is -3.65. The number of hydrogen-bond acceptors (Lipinski definition) is 12. The van der Waals surface area contributed by atoms with Crippen LogP contribution in [0.5, 0.6) is 11.5 Å². The van der Waals surface area contributed by atoms with Crippen LogP contribution in [0.25, 0.3) is 22.5 Å². The Hall–Kier alpha value is -7.43. The Morgan fingerprint density at radius 1 is 0.716 bits per heavy atom. The quantitative estimate of drug-likeness (QED) is 0.0771. The summed E-state index contributed by atoms with van der Waals surface area (Å²) in [5, 5.41) is 28.2. The smallest absolute Gasteiger partial charge is 0.407 e. The number of halogens is 2. The summed E-state index contributed by atoms with van der Waals surface area (Å²) in [6.07, 6.45) is 8.17. The molecule has 2 aromatic carbocycles. The van der Waals surface area contributed by atoms with Crippen molar-refractivity contribution in [1.82, 2.24) is 28.1 Å². The molecule has 0 spiro atoms. The second-order valence-corrected chi connectivity index (χ2v) is 19.0. The molecule has 0 unspecified atom stereocenters. The largest absolute Gasteiger partial charge is 0.494 e. The summed E-state index contributed by atoms with van der Waals surface area (Å²) in [6.45, 7) is 6.30. The van der Waals surface area contributed by atoms with Crippen molar-refractivity contribution in [3.05, 3.63) is 145 Å². The Morgan fingerprint density at radius 3 is 1.51 bits per heavy atom. The first-order chi connectivity index (χ1) is 31.5. The maximum atomic E-state index is 15.1. The van der Waals surface area contributed by atoms with Crippen molar-refractivity contribution in [2.75, 3.05) is 27.8 Å². The van der Waals surface area contributed by atoms with Gasteiger partial charge >= 0.3 is 18.0 Å². The van der Waals surface area contributed by atoms with Crippen molar-refractivity contribution in [3.8, 4) is 34.0 Å². The molecule has 4 N–H and O–H groups in total. The highest BCUT2D eigenvalue weighted by Gasteiger charge is 2.28. The van der Waals surface area contributed by atoms with E-state index in [1.165, 1.54) is 111 Å². The summed E-state index contributed by atoms with van der Waals surface area (Å²) in [5.74, 6) is -3.85. The second-order valence-electron chi connectivity index (χ2n) is 15.3. The summed E-state index contributed by atoms with van der Waals surface area (Å²) in [5.41, 5.74) is 1.19. The van der Waals surface area contributed by atoms with Crippen LogP contribution in [0.2, 0.25) is 0 Å². The zero-order valence-corrected chi connectivity index (χ0v) is 38.6. The third-order valence-electron chi connectivity index (χ3n) is 9.04. The van der Waals surface area contributed by atoms with Crippen LogP contribution >= 0.6 is 0 Å². The molecule has 1 amide bonds. The molecule has 4 aromatic heterocycles. The molecule has 67 heavy (non-hydrogen) atoms. The van der Waals surface area contributed by atoms with E-state index in [1.54, 1.807) is 25.2 Å². The third kappa shape index (κ3) is 13.6. The molecule has 356 valence electrons. The number of ether oxygens (including phenoxy) is 2. The predicted octanol–water partition coefficient (Wildman–Crippen LogP) is 6.83. The fourth-order valence-electron chi connectivity index (χ4n) is 6.26. The zero-order valence-electron chi connectivity index (χ0n) is 37.0. The van der Waals surface area contributed by atoms with Crippen LogP contribution in [0.3, 0.4) is 0 Å². The Balaban J connectivity index is 0.000000256. The molecular formula is C45H48F2N6O12S2. The number of amides is 1. The molecule has 6 rings (SSSR count). The van der Waals surface area contributed by atoms with Crippen molar-refractivity contribution in [2.24, 2.45) is 5.41 Å². The number of rotatable bonds is 15. The molecular weight excluding hydrogens is 919 g/mol. The van der Waals surface area contributed by atoms with E-state index in [-0.39, 0.29) is 62.3 Å². The van der Waals surface area contributed by atoms with Gasteiger partial charge in [0.2, 0.25) is 0 Å². The van der Waals surface area contributed by atoms with Crippen LogP contribution in [0.15, 0.2) is 132 Å². The van der Waals surface area contributed by atoms with Crippen LogP contribution < -0.4 is 14.8 Å². The molecule has 4 heterocycles. The summed E-state index contributed by atoms with van der Waals surface area (Å²) in [6, 6.07) is 18.0. The van der Waals surface area contributed by atoms with Crippen molar-refractivity contribution in [1.29, 1.82) is 0 Å². The van der Waals surface area contributed by atoms with Crippen molar-refractivity contribution in [2.45, 2.75) is 43.7 Å². The molecule has 18 nitrogen and oxygen atoms in total. The lowest BCUT2D eigenvalue weighted by Crippen LogP contribution is -2.36. The molecule has 0 atom stereocenters. The number of nitrogens with zero attached hydrogens (tertiary/aromatic N) is 5. The molecule has 6 aromatic rings. The molecule has 0 aliphatic heterocycles. The summed E-state index contributed by atoms with van der Waals surface area (Å²) >= 11 is 0. The molecule has 0 aliphatic carbocycles. The highest BCUT2D eigenvalue weighted by molar-refractivity contribution is 7.90. The molecule has 0 radical (unpaired) electrons. The number of methoxy groups -OCH3 is 2. The van der Waals surface area contributed by atoms with E-state index in [9.17, 15) is 40.7 Å². The van der Waals surface area contributed by atoms with Gasteiger partial charge in [-0.05, 0) is 84.3 Å². The van der Waals surface area contributed by atoms with E-state index in [1.807, 2.05) is 20.8 Å². The highest BCUT2D eigenvalue weighted by Crippen LogP contribution is 2.35. The normalized spacial score (nSPS) is 11.5. The average Bonchev–Trinajstić information content (AvgIpc) is 3.92. The molecule has 0 bridgehead atoms. The molecule has 0 aliphatic rings. The Labute approximate surface area is 385 Å². The fourth-order valence-corrected chi connectivity index (χ4v) is 8.97. The molecule has 0 saturated carbocycles. The van der Waals surface area contributed by atoms with Crippen molar-refractivity contribution >= 4 is 38.1 Å². The minimum atomic E-state index is -4.14. The van der Waals surface area contributed by atoms with Gasteiger partial charge in [0, 0.05) is 73.5 Å². The van der Waals surface area contributed by atoms with E-state index in [4.69, 9.17) is 19.7 Å². The first-order valence-electron chi connectivity index (χ1n) is 19.7. The Kier molecular flexibility index (Phi) is 17.6. The Morgan fingerprint density at radius 2 is 1.15 bits per heavy atom. The van der Waals surface area contributed by atoms with Gasteiger partial charge < -0.3 is 35.0 Å². The van der Waals surface area contributed by atoms with Gasteiger partial charge in [-0.3, -0.25) is 9.97 Å².